The van der Waals surface area contributed by atoms with Gasteiger partial charge in [-0.1, -0.05) is 51.9 Å². The third-order valence-corrected chi connectivity index (χ3v) is 5.85. The highest BCUT2D eigenvalue weighted by molar-refractivity contribution is 7.85. The molecule has 3 nitrogen and oxygen atoms in total. The molecule has 0 spiro atoms. The van der Waals surface area contributed by atoms with Crippen molar-refractivity contribution in [2.45, 2.75) is 77.6 Å². The van der Waals surface area contributed by atoms with Crippen LogP contribution in [0.1, 0.15) is 77.6 Å². The number of carbonyl (C=O) groups is 1. The molecule has 118 valence electrons. The minimum atomic E-state index is -0.817. The second-order valence-corrected chi connectivity index (χ2v) is 7.91. The average Bonchev–Trinajstić information content (AvgIpc) is 3.11. The van der Waals surface area contributed by atoms with Crippen LogP contribution in [0.4, 0.5) is 0 Å². The number of aliphatic carboxylic acids is 1. The van der Waals surface area contributed by atoms with Crippen molar-refractivity contribution in [2.24, 2.45) is 5.41 Å². The molecule has 0 saturated heterocycles. The van der Waals surface area contributed by atoms with Crippen LogP contribution in [-0.2, 0) is 15.6 Å². The van der Waals surface area contributed by atoms with Crippen molar-refractivity contribution in [3.63, 3.8) is 0 Å². The molecule has 0 amide bonds. The lowest BCUT2D eigenvalue weighted by Gasteiger charge is -2.11. The standard InChI is InChI=1S/C16H30O3S/c1-2-3-4-5-6-7-8-9-12-20(19)14-16(10-11-16)13-15(17)18/h2-14H2,1H3,(H,17,18). The van der Waals surface area contributed by atoms with E-state index in [0.29, 0.717) is 5.75 Å². The third-order valence-electron chi connectivity index (χ3n) is 4.18. The van der Waals surface area contributed by atoms with Gasteiger partial charge in [0.2, 0.25) is 0 Å². The number of hydrogen-bond donors (Lipinski definition) is 1. The molecule has 4 heteroatoms. The molecule has 1 atom stereocenters. The molecule has 0 aromatic rings. The molecule has 1 rings (SSSR count). The van der Waals surface area contributed by atoms with Crippen LogP contribution in [0.15, 0.2) is 0 Å². The lowest BCUT2D eigenvalue weighted by Crippen LogP contribution is -2.18. The van der Waals surface area contributed by atoms with E-state index in [0.717, 1.165) is 25.0 Å². The quantitative estimate of drug-likeness (QED) is 0.520. The Kier molecular flexibility index (Phi) is 8.43. The molecule has 1 saturated carbocycles. The van der Waals surface area contributed by atoms with Gasteiger partial charge in [-0.05, 0) is 24.7 Å². The Bertz CT molecular complexity index is 311. The number of rotatable bonds is 13. The Morgan fingerprint density at radius 1 is 1.05 bits per heavy atom. The Balaban J connectivity index is 1.97. The van der Waals surface area contributed by atoms with Gasteiger partial charge in [0.25, 0.3) is 0 Å². The summed E-state index contributed by atoms with van der Waals surface area (Å²) in [4.78, 5) is 10.7. The fourth-order valence-corrected chi connectivity index (χ4v) is 4.42. The second-order valence-electron chi connectivity index (χ2n) is 6.33. The highest BCUT2D eigenvalue weighted by Gasteiger charge is 2.45. The summed E-state index contributed by atoms with van der Waals surface area (Å²) >= 11 is 0. The van der Waals surface area contributed by atoms with Crippen molar-refractivity contribution in [3.8, 4) is 0 Å². The van der Waals surface area contributed by atoms with E-state index in [1.54, 1.807) is 0 Å². The molecule has 0 aromatic carbocycles. The third kappa shape index (κ3) is 8.03. The molecule has 0 bridgehead atoms. The normalized spacial score (nSPS) is 17.9. The van der Waals surface area contributed by atoms with E-state index in [4.69, 9.17) is 5.11 Å². The van der Waals surface area contributed by atoms with Crippen molar-refractivity contribution < 1.29 is 14.1 Å². The van der Waals surface area contributed by atoms with Gasteiger partial charge in [0.1, 0.15) is 0 Å². The van der Waals surface area contributed by atoms with Crippen LogP contribution >= 0.6 is 0 Å². The fraction of sp³-hybridized carbons (Fsp3) is 0.938. The van der Waals surface area contributed by atoms with Crippen LogP contribution in [0.25, 0.3) is 0 Å². The summed E-state index contributed by atoms with van der Waals surface area (Å²) in [5.41, 5.74) is -0.114. The van der Waals surface area contributed by atoms with Crippen LogP contribution < -0.4 is 0 Å². The van der Waals surface area contributed by atoms with Crippen molar-refractivity contribution in [1.82, 2.24) is 0 Å². The molecule has 0 aliphatic heterocycles. The first-order valence-corrected chi connectivity index (χ1v) is 9.63. The molecule has 0 radical (unpaired) electrons. The van der Waals surface area contributed by atoms with Crippen molar-refractivity contribution in [3.05, 3.63) is 0 Å². The van der Waals surface area contributed by atoms with Gasteiger partial charge in [-0.15, -0.1) is 0 Å². The lowest BCUT2D eigenvalue weighted by atomic mass is 10.1. The highest BCUT2D eigenvalue weighted by Crippen LogP contribution is 2.49. The Hall–Kier alpha value is -0.380. The maximum absolute atomic E-state index is 12.0. The molecule has 1 aliphatic rings. The molecule has 0 heterocycles. The topological polar surface area (TPSA) is 54.4 Å². The minimum Gasteiger partial charge on any atom is -0.481 e. The molecule has 0 aromatic heterocycles. The first-order valence-electron chi connectivity index (χ1n) is 8.15. The zero-order valence-electron chi connectivity index (χ0n) is 12.9. The average molecular weight is 302 g/mol. The maximum Gasteiger partial charge on any atom is 0.303 e. The highest BCUT2D eigenvalue weighted by atomic mass is 32.2. The molecule has 1 N–H and O–H groups in total. The lowest BCUT2D eigenvalue weighted by molar-refractivity contribution is -0.138. The number of carboxylic acid groups (broad SMARTS) is 1. The van der Waals surface area contributed by atoms with Gasteiger partial charge in [0, 0.05) is 22.3 Å². The van der Waals surface area contributed by atoms with Gasteiger partial charge in [-0.2, -0.15) is 0 Å². The largest absolute Gasteiger partial charge is 0.481 e. The van der Waals surface area contributed by atoms with E-state index in [1.165, 1.54) is 44.9 Å². The first kappa shape index (κ1) is 17.7. The van der Waals surface area contributed by atoms with Crippen LogP contribution in [-0.4, -0.2) is 26.8 Å². The number of unbranched alkanes of at least 4 members (excludes halogenated alkanes) is 7. The van der Waals surface area contributed by atoms with Crippen molar-refractivity contribution in [1.29, 1.82) is 0 Å². The SMILES string of the molecule is CCCCCCCCCCS(=O)CC1(CC(=O)O)CC1. The predicted molar refractivity (Wildman–Crippen MR) is 84.4 cm³/mol. The summed E-state index contributed by atoms with van der Waals surface area (Å²) in [5, 5.41) is 8.84. The van der Waals surface area contributed by atoms with Crippen molar-refractivity contribution in [2.75, 3.05) is 11.5 Å². The predicted octanol–water partition coefficient (Wildman–Crippen LogP) is 4.13. The summed E-state index contributed by atoms with van der Waals surface area (Å²) in [6.07, 6.45) is 12.2. The maximum atomic E-state index is 12.0. The van der Waals surface area contributed by atoms with Crippen LogP contribution in [0.3, 0.4) is 0 Å². The van der Waals surface area contributed by atoms with Gasteiger partial charge in [0.15, 0.2) is 0 Å². The molecule has 20 heavy (non-hydrogen) atoms. The zero-order valence-corrected chi connectivity index (χ0v) is 13.7. The summed E-state index contributed by atoms with van der Waals surface area (Å²) in [5.74, 6) is 0.623. The molecular formula is C16H30O3S. The summed E-state index contributed by atoms with van der Waals surface area (Å²) in [6, 6.07) is 0. The molecule has 1 aliphatic carbocycles. The Morgan fingerprint density at radius 2 is 1.60 bits per heavy atom. The minimum absolute atomic E-state index is 0.114. The van der Waals surface area contributed by atoms with Crippen molar-refractivity contribution >= 4 is 16.8 Å². The van der Waals surface area contributed by atoms with Crippen LogP contribution in [0.2, 0.25) is 0 Å². The van der Waals surface area contributed by atoms with E-state index in [-0.39, 0.29) is 11.8 Å². The summed E-state index contributed by atoms with van der Waals surface area (Å²) in [6.45, 7) is 2.23. The van der Waals surface area contributed by atoms with Gasteiger partial charge in [0.05, 0.1) is 6.42 Å². The van der Waals surface area contributed by atoms with Gasteiger partial charge >= 0.3 is 5.97 Å². The monoisotopic (exact) mass is 302 g/mol. The Morgan fingerprint density at radius 3 is 2.10 bits per heavy atom. The number of hydrogen-bond acceptors (Lipinski definition) is 2. The molecule has 1 fully saturated rings. The van der Waals surface area contributed by atoms with E-state index in [1.807, 2.05) is 0 Å². The van der Waals surface area contributed by atoms with Crippen LogP contribution in [0.5, 0.6) is 0 Å². The zero-order chi connectivity index (χ0) is 14.8. The van der Waals surface area contributed by atoms with E-state index >= 15 is 0 Å². The van der Waals surface area contributed by atoms with Gasteiger partial charge < -0.3 is 5.11 Å². The van der Waals surface area contributed by atoms with Gasteiger partial charge in [-0.25, -0.2) is 0 Å². The Labute approximate surface area is 126 Å². The second kappa shape index (κ2) is 9.54. The van der Waals surface area contributed by atoms with E-state index in [2.05, 4.69) is 6.92 Å². The smallest absolute Gasteiger partial charge is 0.303 e. The first-order chi connectivity index (χ1) is 9.58. The summed E-state index contributed by atoms with van der Waals surface area (Å²) < 4.78 is 12.0. The summed E-state index contributed by atoms with van der Waals surface area (Å²) in [7, 11) is -0.817. The molecule has 1 unspecified atom stereocenters. The van der Waals surface area contributed by atoms with Crippen LogP contribution in [0, 0.1) is 5.41 Å². The fourth-order valence-electron chi connectivity index (χ4n) is 2.68. The molecular weight excluding hydrogens is 272 g/mol. The van der Waals surface area contributed by atoms with Gasteiger partial charge in [-0.3, -0.25) is 9.00 Å². The van der Waals surface area contributed by atoms with E-state index in [9.17, 15) is 9.00 Å². The van der Waals surface area contributed by atoms with E-state index < -0.39 is 16.8 Å². The number of carboxylic acids is 1.